The molecule has 0 aromatic heterocycles. The van der Waals surface area contributed by atoms with Crippen LogP contribution in [0.5, 0.6) is 0 Å². The van der Waals surface area contributed by atoms with Crippen LogP contribution in [0.15, 0.2) is 18.2 Å². The molecule has 106 valence electrons. The van der Waals surface area contributed by atoms with Gasteiger partial charge in [0.2, 0.25) is 11.8 Å². The highest BCUT2D eigenvalue weighted by atomic mass is 16.6. The van der Waals surface area contributed by atoms with Crippen LogP contribution in [0.25, 0.3) is 0 Å². The van der Waals surface area contributed by atoms with E-state index < -0.39 is 4.92 Å². The van der Waals surface area contributed by atoms with Gasteiger partial charge < -0.3 is 5.43 Å². The first kappa shape index (κ1) is 13.9. The van der Waals surface area contributed by atoms with Gasteiger partial charge in [-0.1, -0.05) is 6.07 Å². The molecule has 9 heteroatoms. The molecule has 1 aromatic rings. The first-order chi connectivity index (χ1) is 9.49. The number of piperazine rings is 1. The molecule has 0 aliphatic carbocycles. The van der Waals surface area contributed by atoms with E-state index in [4.69, 9.17) is 5.84 Å². The number of nitro groups is 1. The summed E-state index contributed by atoms with van der Waals surface area (Å²) in [5.74, 6) is 4.53. The minimum Gasteiger partial charge on any atom is -0.318 e. The lowest BCUT2D eigenvalue weighted by molar-refractivity contribution is -0.384. The number of nitrogens with one attached hydrogen (secondary N) is 2. The molecule has 2 amide bonds. The van der Waals surface area contributed by atoms with Crippen molar-refractivity contribution in [1.82, 2.24) is 10.2 Å². The molecule has 1 fully saturated rings. The number of anilines is 1. The Morgan fingerprint density at radius 2 is 2.00 bits per heavy atom. The molecule has 2 rings (SSSR count). The molecule has 0 atom stereocenters. The zero-order chi connectivity index (χ0) is 14.7. The molecule has 0 radical (unpaired) electrons. The lowest BCUT2D eigenvalue weighted by Gasteiger charge is -2.25. The van der Waals surface area contributed by atoms with Crippen LogP contribution in [0.2, 0.25) is 0 Å². The summed E-state index contributed by atoms with van der Waals surface area (Å²) in [5.41, 5.74) is 3.03. The van der Waals surface area contributed by atoms with E-state index in [2.05, 4.69) is 10.7 Å². The van der Waals surface area contributed by atoms with Crippen molar-refractivity contribution in [2.45, 2.75) is 6.54 Å². The summed E-state index contributed by atoms with van der Waals surface area (Å²) in [7, 11) is 0. The van der Waals surface area contributed by atoms with Crippen molar-refractivity contribution in [3.63, 3.8) is 0 Å². The maximum atomic E-state index is 11.2. The van der Waals surface area contributed by atoms with Crippen molar-refractivity contribution in [2.75, 3.05) is 18.5 Å². The van der Waals surface area contributed by atoms with E-state index in [0.29, 0.717) is 12.1 Å². The molecule has 1 aromatic carbocycles. The number of carbonyl (C=O) groups excluding carboxylic acids is 2. The number of nitrogens with zero attached hydrogens (tertiary/aromatic N) is 2. The molecule has 1 heterocycles. The van der Waals surface area contributed by atoms with E-state index in [1.165, 1.54) is 12.1 Å². The number of rotatable bonds is 4. The van der Waals surface area contributed by atoms with Crippen LogP contribution in [-0.2, 0) is 16.1 Å². The summed E-state index contributed by atoms with van der Waals surface area (Å²) < 4.78 is 0. The number of nitrogen functional groups attached to an aromatic ring is 1. The lowest BCUT2D eigenvalue weighted by atomic mass is 10.1. The van der Waals surface area contributed by atoms with Crippen LogP contribution in [-0.4, -0.2) is 34.7 Å². The van der Waals surface area contributed by atoms with Gasteiger partial charge in [-0.05, 0) is 11.6 Å². The van der Waals surface area contributed by atoms with E-state index in [1.54, 1.807) is 11.0 Å². The van der Waals surface area contributed by atoms with Crippen molar-refractivity contribution in [2.24, 2.45) is 5.84 Å². The van der Waals surface area contributed by atoms with Crippen molar-refractivity contribution in [1.29, 1.82) is 0 Å². The molecule has 1 aliphatic rings. The monoisotopic (exact) mass is 279 g/mol. The van der Waals surface area contributed by atoms with Crippen LogP contribution in [0.4, 0.5) is 11.4 Å². The predicted octanol–water partition coefficient (Wildman–Crippen LogP) is -0.661. The summed E-state index contributed by atoms with van der Waals surface area (Å²) in [5, 5.41) is 13.0. The van der Waals surface area contributed by atoms with Gasteiger partial charge in [0.25, 0.3) is 5.69 Å². The highest BCUT2D eigenvalue weighted by molar-refractivity contribution is 5.99. The zero-order valence-corrected chi connectivity index (χ0v) is 10.5. The lowest BCUT2D eigenvalue weighted by Crippen LogP contribution is -2.50. The Hall–Kier alpha value is -2.52. The van der Waals surface area contributed by atoms with E-state index in [9.17, 15) is 19.7 Å². The van der Waals surface area contributed by atoms with Crippen molar-refractivity contribution in [3.8, 4) is 0 Å². The normalized spacial score (nSPS) is 15.8. The minimum atomic E-state index is -0.545. The second-order valence-electron chi connectivity index (χ2n) is 4.37. The third-order valence-corrected chi connectivity index (χ3v) is 2.83. The number of imide groups is 1. The van der Waals surface area contributed by atoms with Gasteiger partial charge >= 0.3 is 0 Å². The SMILES string of the molecule is NNc1cc(CN2CC(=O)NC(=O)C2)ccc1[N+](=O)[O-]. The summed E-state index contributed by atoms with van der Waals surface area (Å²) in [6.07, 6.45) is 0. The molecule has 0 unspecified atom stereocenters. The molecule has 0 spiro atoms. The molecule has 20 heavy (non-hydrogen) atoms. The number of nitro benzene ring substituents is 1. The number of amides is 2. The Kier molecular flexibility index (Phi) is 3.91. The third-order valence-electron chi connectivity index (χ3n) is 2.83. The van der Waals surface area contributed by atoms with Gasteiger partial charge in [0.15, 0.2) is 0 Å². The summed E-state index contributed by atoms with van der Waals surface area (Å²) >= 11 is 0. The number of benzene rings is 1. The zero-order valence-electron chi connectivity index (χ0n) is 10.5. The smallest absolute Gasteiger partial charge is 0.293 e. The number of hydrogen-bond acceptors (Lipinski definition) is 7. The van der Waals surface area contributed by atoms with E-state index >= 15 is 0 Å². The van der Waals surface area contributed by atoms with Crippen LogP contribution < -0.4 is 16.6 Å². The molecule has 9 nitrogen and oxygen atoms in total. The Morgan fingerprint density at radius 1 is 1.35 bits per heavy atom. The summed E-state index contributed by atoms with van der Waals surface area (Å²) in [6, 6.07) is 4.42. The maximum absolute atomic E-state index is 11.2. The van der Waals surface area contributed by atoms with Gasteiger partial charge in [-0.2, -0.15) is 0 Å². The van der Waals surface area contributed by atoms with Crippen molar-refractivity contribution in [3.05, 3.63) is 33.9 Å². The van der Waals surface area contributed by atoms with Crippen LogP contribution in [0, 0.1) is 10.1 Å². The molecular formula is C11H13N5O4. The van der Waals surface area contributed by atoms with Crippen LogP contribution >= 0.6 is 0 Å². The van der Waals surface area contributed by atoms with Gasteiger partial charge in [0, 0.05) is 12.6 Å². The van der Waals surface area contributed by atoms with E-state index in [0.717, 1.165) is 0 Å². The van der Waals surface area contributed by atoms with Crippen LogP contribution in [0.3, 0.4) is 0 Å². The van der Waals surface area contributed by atoms with Gasteiger partial charge in [0.05, 0.1) is 18.0 Å². The molecule has 4 N–H and O–H groups in total. The topological polar surface area (TPSA) is 131 Å². The second-order valence-corrected chi connectivity index (χ2v) is 4.37. The Labute approximate surface area is 113 Å². The number of nitrogens with two attached hydrogens (primary N) is 1. The first-order valence-electron chi connectivity index (χ1n) is 5.78. The predicted molar refractivity (Wildman–Crippen MR) is 69.3 cm³/mol. The fourth-order valence-electron chi connectivity index (χ4n) is 2.02. The number of hydrogen-bond donors (Lipinski definition) is 3. The molecule has 0 saturated carbocycles. The van der Waals surface area contributed by atoms with Gasteiger partial charge in [-0.15, -0.1) is 0 Å². The average Bonchev–Trinajstić information content (AvgIpc) is 2.37. The Balaban J connectivity index is 2.15. The highest BCUT2D eigenvalue weighted by Gasteiger charge is 2.23. The van der Waals surface area contributed by atoms with Gasteiger partial charge in [-0.25, -0.2) is 0 Å². The molecular weight excluding hydrogens is 266 g/mol. The van der Waals surface area contributed by atoms with Crippen molar-refractivity contribution < 1.29 is 14.5 Å². The number of hydrazine groups is 1. The van der Waals surface area contributed by atoms with E-state index in [-0.39, 0.29) is 36.3 Å². The highest BCUT2D eigenvalue weighted by Crippen LogP contribution is 2.25. The molecule has 0 bridgehead atoms. The largest absolute Gasteiger partial charge is 0.318 e. The fourth-order valence-corrected chi connectivity index (χ4v) is 2.02. The quantitative estimate of drug-likeness (QED) is 0.288. The van der Waals surface area contributed by atoms with Crippen molar-refractivity contribution >= 4 is 23.2 Å². The minimum absolute atomic E-state index is 0.105. The van der Waals surface area contributed by atoms with E-state index in [1.807, 2.05) is 0 Å². The number of carbonyl (C=O) groups is 2. The van der Waals surface area contributed by atoms with Gasteiger partial charge in [0.1, 0.15) is 5.69 Å². The fraction of sp³-hybridized carbons (Fsp3) is 0.273. The Bertz CT molecular complexity index is 558. The average molecular weight is 279 g/mol. The molecule has 1 aliphatic heterocycles. The second kappa shape index (κ2) is 5.63. The summed E-state index contributed by atoms with van der Waals surface area (Å²) in [4.78, 5) is 34.4. The summed E-state index contributed by atoms with van der Waals surface area (Å²) in [6.45, 7) is 0.536. The van der Waals surface area contributed by atoms with Gasteiger partial charge in [-0.3, -0.25) is 35.8 Å². The first-order valence-corrected chi connectivity index (χ1v) is 5.78. The van der Waals surface area contributed by atoms with Crippen LogP contribution in [0.1, 0.15) is 5.56 Å². The maximum Gasteiger partial charge on any atom is 0.293 e. The standard InChI is InChI=1S/C11H13N5O4/c12-14-8-3-7(1-2-9(8)16(19)20)4-15-5-10(17)13-11(18)6-15/h1-3,14H,4-6,12H2,(H,13,17,18). The Morgan fingerprint density at radius 3 is 2.55 bits per heavy atom. The third kappa shape index (κ3) is 3.08. The molecule has 1 saturated heterocycles.